The van der Waals surface area contributed by atoms with Crippen LogP contribution in [0.25, 0.3) is 0 Å². The molecule has 0 radical (unpaired) electrons. The standard InChI is InChI=1S/C15H24N2S/c1-11(2)13-8-6-12(7-9-13)10-18-14(16)17-15(3,4)5/h6-9,11H,10H2,1-5H3,(H2,16,17). The highest BCUT2D eigenvalue weighted by molar-refractivity contribution is 8.13. The van der Waals surface area contributed by atoms with Crippen molar-refractivity contribution in [3.05, 3.63) is 35.4 Å². The van der Waals surface area contributed by atoms with Gasteiger partial charge in [-0.3, -0.25) is 4.99 Å². The van der Waals surface area contributed by atoms with Gasteiger partial charge in [0.25, 0.3) is 0 Å². The van der Waals surface area contributed by atoms with Crippen LogP contribution in [0.3, 0.4) is 0 Å². The third-order valence-corrected chi connectivity index (χ3v) is 3.34. The molecule has 0 aliphatic rings. The summed E-state index contributed by atoms with van der Waals surface area (Å²) in [6.45, 7) is 10.6. The van der Waals surface area contributed by atoms with Crippen LogP contribution in [0.1, 0.15) is 51.7 Å². The van der Waals surface area contributed by atoms with Crippen molar-refractivity contribution in [1.29, 1.82) is 0 Å². The fourth-order valence-corrected chi connectivity index (χ4v) is 2.36. The topological polar surface area (TPSA) is 38.4 Å². The largest absolute Gasteiger partial charge is 0.379 e. The van der Waals surface area contributed by atoms with Crippen LogP contribution in [0.5, 0.6) is 0 Å². The van der Waals surface area contributed by atoms with Gasteiger partial charge in [0.15, 0.2) is 5.17 Å². The van der Waals surface area contributed by atoms with Crippen LogP contribution in [-0.4, -0.2) is 10.7 Å². The first-order valence-electron chi connectivity index (χ1n) is 6.35. The fourth-order valence-electron chi connectivity index (χ4n) is 1.52. The van der Waals surface area contributed by atoms with Crippen LogP contribution in [0.4, 0.5) is 0 Å². The summed E-state index contributed by atoms with van der Waals surface area (Å²) in [7, 11) is 0. The van der Waals surface area contributed by atoms with Gasteiger partial charge in [0.1, 0.15) is 0 Å². The molecule has 0 fully saturated rings. The summed E-state index contributed by atoms with van der Waals surface area (Å²) in [5.74, 6) is 1.46. The van der Waals surface area contributed by atoms with E-state index in [1.165, 1.54) is 11.1 Å². The number of aliphatic imine (C=N–C) groups is 1. The zero-order chi connectivity index (χ0) is 13.8. The SMILES string of the molecule is CC(C)c1ccc(CSC(N)=NC(C)(C)C)cc1. The smallest absolute Gasteiger partial charge is 0.154 e. The molecule has 0 saturated heterocycles. The first-order chi connectivity index (χ1) is 8.28. The van der Waals surface area contributed by atoms with Crippen LogP contribution in [0.15, 0.2) is 29.3 Å². The quantitative estimate of drug-likeness (QED) is 0.657. The molecule has 2 N–H and O–H groups in total. The fraction of sp³-hybridized carbons (Fsp3) is 0.533. The number of hydrogen-bond acceptors (Lipinski definition) is 2. The lowest BCUT2D eigenvalue weighted by molar-refractivity contribution is 0.585. The number of nitrogens with two attached hydrogens (primary N) is 1. The van der Waals surface area contributed by atoms with Gasteiger partial charge in [-0.1, -0.05) is 49.9 Å². The minimum atomic E-state index is -0.0986. The molecule has 0 spiro atoms. The Bertz CT molecular complexity index is 399. The minimum Gasteiger partial charge on any atom is -0.379 e. The van der Waals surface area contributed by atoms with E-state index in [-0.39, 0.29) is 5.54 Å². The maximum Gasteiger partial charge on any atom is 0.154 e. The third kappa shape index (κ3) is 5.58. The Hall–Kier alpha value is -0.960. The molecule has 0 aromatic heterocycles. The molecule has 0 amide bonds. The Morgan fingerprint density at radius 3 is 2.22 bits per heavy atom. The molecule has 0 aliphatic heterocycles. The van der Waals surface area contributed by atoms with Gasteiger partial charge in [-0.2, -0.15) is 0 Å². The number of benzene rings is 1. The van der Waals surface area contributed by atoms with Gasteiger partial charge in [-0.05, 0) is 37.8 Å². The van der Waals surface area contributed by atoms with E-state index >= 15 is 0 Å². The molecular formula is C15H24N2S. The van der Waals surface area contributed by atoms with Gasteiger partial charge < -0.3 is 5.73 Å². The molecule has 0 aliphatic carbocycles. The van der Waals surface area contributed by atoms with Crippen LogP contribution in [-0.2, 0) is 5.75 Å². The van der Waals surface area contributed by atoms with Crippen molar-refractivity contribution >= 4 is 16.9 Å². The van der Waals surface area contributed by atoms with E-state index in [1.54, 1.807) is 11.8 Å². The highest BCUT2D eigenvalue weighted by Gasteiger charge is 2.08. The van der Waals surface area contributed by atoms with Gasteiger partial charge >= 0.3 is 0 Å². The second kappa shape index (κ2) is 6.28. The molecule has 0 atom stereocenters. The van der Waals surface area contributed by atoms with E-state index in [1.807, 2.05) is 0 Å². The van der Waals surface area contributed by atoms with Crippen LogP contribution in [0.2, 0.25) is 0 Å². The maximum atomic E-state index is 5.90. The lowest BCUT2D eigenvalue weighted by atomic mass is 10.0. The Morgan fingerprint density at radius 2 is 1.78 bits per heavy atom. The van der Waals surface area contributed by atoms with Crippen molar-refractivity contribution in [2.24, 2.45) is 10.7 Å². The average Bonchev–Trinajstić information content (AvgIpc) is 2.24. The lowest BCUT2D eigenvalue weighted by Crippen LogP contribution is -2.17. The molecule has 100 valence electrons. The Balaban J connectivity index is 2.56. The predicted molar refractivity (Wildman–Crippen MR) is 83.2 cm³/mol. The van der Waals surface area contributed by atoms with Crippen LogP contribution < -0.4 is 5.73 Å². The van der Waals surface area contributed by atoms with Gasteiger partial charge in [0, 0.05) is 5.75 Å². The van der Waals surface area contributed by atoms with Crippen LogP contribution >= 0.6 is 11.8 Å². The molecule has 3 heteroatoms. The van der Waals surface area contributed by atoms with E-state index in [0.29, 0.717) is 11.1 Å². The molecule has 0 bridgehead atoms. The number of nitrogens with zero attached hydrogens (tertiary/aromatic N) is 1. The van der Waals surface area contributed by atoms with Gasteiger partial charge in [0.05, 0.1) is 5.54 Å². The number of thioether (sulfide) groups is 1. The average molecular weight is 264 g/mol. The highest BCUT2D eigenvalue weighted by atomic mass is 32.2. The minimum absolute atomic E-state index is 0.0986. The Morgan fingerprint density at radius 1 is 1.22 bits per heavy atom. The monoisotopic (exact) mass is 264 g/mol. The van der Waals surface area contributed by atoms with Crippen molar-refractivity contribution < 1.29 is 0 Å². The predicted octanol–water partition coefficient (Wildman–Crippen LogP) is 4.16. The zero-order valence-corrected chi connectivity index (χ0v) is 12.8. The van der Waals surface area contributed by atoms with E-state index in [4.69, 9.17) is 5.73 Å². The molecular weight excluding hydrogens is 240 g/mol. The molecule has 1 aromatic rings. The molecule has 0 unspecified atom stereocenters. The normalized spacial score (nSPS) is 13.1. The number of hydrogen-bond donors (Lipinski definition) is 1. The van der Waals surface area contributed by atoms with Gasteiger partial charge in [-0.15, -0.1) is 0 Å². The highest BCUT2D eigenvalue weighted by Crippen LogP contribution is 2.19. The van der Waals surface area contributed by atoms with Crippen molar-refractivity contribution in [2.45, 2.75) is 51.8 Å². The zero-order valence-electron chi connectivity index (χ0n) is 12.0. The maximum absolute atomic E-state index is 5.90. The van der Waals surface area contributed by atoms with Crippen molar-refractivity contribution in [1.82, 2.24) is 0 Å². The molecule has 2 nitrogen and oxygen atoms in total. The summed E-state index contributed by atoms with van der Waals surface area (Å²) in [4.78, 5) is 4.43. The van der Waals surface area contributed by atoms with E-state index in [9.17, 15) is 0 Å². The van der Waals surface area contributed by atoms with Gasteiger partial charge in [-0.25, -0.2) is 0 Å². The molecule has 1 aromatic carbocycles. The summed E-state index contributed by atoms with van der Waals surface area (Å²) < 4.78 is 0. The second-order valence-electron chi connectivity index (χ2n) is 5.81. The number of amidine groups is 1. The van der Waals surface area contributed by atoms with Crippen LogP contribution in [0, 0.1) is 0 Å². The number of rotatable bonds is 3. The summed E-state index contributed by atoms with van der Waals surface area (Å²) in [5.41, 5.74) is 8.46. The second-order valence-corrected chi connectivity index (χ2v) is 6.80. The van der Waals surface area contributed by atoms with E-state index in [0.717, 1.165) is 5.75 Å². The molecule has 1 rings (SSSR count). The first kappa shape index (κ1) is 15.1. The molecule has 0 saturated carbocycles. The Labute approximate surface area is 115 Å². The Kier molecular flexibility index (Phi) is 5.27. The summed E-state index contributed by atoms with van der Waals surface area (Å²) in [6, 6.07) is 8.73. The third-order valence-electron chi connectivity index (χ3n) is 2.48. The summed E-state index contributed by atoms with van der Waals surface area (Å²) in [5, 5.41) is 0.662. The lowest BCUT2D eigenvalue weighted by Gasteiger charge is -2.13. The molecule has 0 heterocycles. The summed E-state index contributed by atoms with van der Waals surface area (Å²) in [6.07, 6.45) is 0. The first-order valence-corrected chi connectivity index (χ1v) is 7.33. The summed E-state index contributed by atoms with van der Waals surface area (Å²) >= 11 is 1.60. The van der Waals surface area contributed by atoms with E-state index < -0.39 is 0 Å². The van der Waals surface area contributed by atoms with Gasteiger partial charge in [0.2, 0.25) is 0 Å². The van der Waals surface area contributed by atoms with E-state index in [2.05, 4.69) is 63.9 Å². The van der Waals surface area contributed by atoms with Crippen molar-refractivity contribution in [3.63, 3.8) is 0 Å². The molecule has 18 heavy (non-hydrogen) atoms. The van der Waals surface area contributed by atoms with Crippen molar-refractivity contribution in [2.75, 3.05) is 0 Å². The van der Waals surface area contributed by atoms with Crippen molar-refractivity contribution in [3.8, 4) is 0 Å².